The van der Waals surface area contributed by atoms with E-state index in [9.17, 15) is 14.7 Å². The van der Waals surface area contributed by atoms with Gasteiger partial charge in [0, 0.05) is 12.5 Å². The number of aryl methyl sites for hydroxylation is 1. The topological polar surface area (TPSA) is 91.3 Å². The first-order chi connectivity index (χ1) is 14.6. The lowest BCUT2D eigenvalue weighted by Crippen LogP contribution is -2.49. The number of rotatable bonds is 7. The highest BCUT2D eigenvalue weighted by molar-refractivity contribution is 7.13. The third-order valence-electron chi connectivity index (χ3n) is 6.11. The number of carbonyl (C=O) groups excluding carboxylic acids is 2. The van der Waals surface area contributed by atoms with Gasteiger partial charge < -0.3 is 15.7 Å². The fraction of sp³-hybridized carbons (Fsp3) is 0.542. The maximum atomic E-state index is 13.2. The van der Waals surface area contributed by atoms with Crippen LogP contribution < -0.4 is 10.6 Å². The zero-order chi connectivity index (χ0) is 22.8. The maximum absolute atomic E-state index is 13.2. The fourth-order valence-corrected chi connectivity index (χ4v) is 5.32. The van der Waals surface area contributed by atoms with Crippen LogP contribution in [0.25, 0.3) is 10.4 Å². The van der Waals surface area contributed by atoms with E-state index in [1.165, 1.54) is 0 Å². The highest BCUT2D eigenvalue weighted by atomic mass is 32.1. The number of amides is 1. The van der Waals surface area contributed by atoms with Gasteiger partial charge in [-0.3, -0.25) is 9.59 Å². The van der Waals surface area contributed by atoms with Gasteiger partial charge in [0.05, 0.1) is 34.1 Å². The van der Waals surface area contributed by atoms with Gasteiger partial charge >= 0.3 is 0 Å². The van der Waals surface area contributed by atoms with E-state index in [-0.39, 0.29) is 23.1 Å². The SMILES string of the molecule is CN[C@H](C(=O)C1C[C@H](O)C[C@H]1C(=O)NCc1ccc(-c2scnc2C)cc1)C(C)(C)C. The molecule has 2 aromatic rings. The molecular formula is C24H33N3O3S. The number of thiazole rings is 1. The molecule has 3 rings (SSSR count). The minimum absolute atomic E-state index is 0.0102. The second-order valence-electron chi connectivity index (χ2n) is 9.51. The standard InChI is InChI=1S/C24H33N3O3S/c1-14-21(31-13-27-14)16-8-6-15(7-9-16)12-26-23(30)19-11-17(28)10-18(19)20(29)22(25-5)24(2,3)4/h6-9,13,17-19,22,25,28H,10-12H2,1-5H3,(H,26,30)/t17-,18?,19+,22+/m0/s1. The lowest BCUT2D eigenvalue weighted by atomic mass is 9.77. The van der Waals surface area contributed by atoms with Crippen molar-refractivity contribution in [3.63, 3.8) is 0 Å². The smallest absolute Gasteiger partial charge is 0.224 e. The predicted octanol–water partition coefficient (Wildman–Crippen LogP) is 3.33. The summed E-state index contributed by atoms with van der Waals surface area (Å²) in [4.78, 5) is 31.6. The Balaban J connectivity index is 1.65. The summed E-state index contributed by atoms with van der Waals surface area (Å²) in [6.45, 7) is 8.40. The van der Waals surface area contributed by atoms with Crippen molar-refractivity contribution in [2.45, 2.75) is 59.2 Å². The number of hydrogen-bond donors (Lipinski definition) is 3. The minimum Gasteiger partial charge on any atom is -0.393 e. The molecule has 7 heteroatoms. The molecule has 1 aromatic heterocycles. The number of carbonyl (C=O) groups is 2. The average Bonchev–Trinajstić information content (AvgIpc) is 3.31. The Morgan fingerprint density at radius 1 is 1.19 bits per heavy atom. The van der Waals surface area contributed by atoms with Crippen molar-refractivity contribution < 1.29 is 14.7 Å². The molecule has 1 aliphatic carbocycles. The van der Waals surface area contributed by atoms with Crippen LogP contribution in [0.2, 0.25) is 0 Å². The van der Waals surface area contributed by atoms with Crippen molar-refractivity contribution in [2.75, 3.05) is 7.05 Å². The van der Waals surface area contributed by atoms with E-state index in [1.54, 1.807) is 18.4 Å². The quantitative estimate of drug-likeness (QED) is 0.611. The van der Waals surface area contributed by atoms with Crippen molar-refractivity contribution in [3.05, 3.63) is 41.0 Å². The summed E-state index contributed by atoms with van der Waals surface area (Å²) in [7, 11) is 1.77. The molecule has 31 heavy (non-hydrogen) atoms. The molecule has 0 spiro atoms. The zero-order valence-electron chi connectivity index (χ0n) is 18.9. The van der Waals surface area contributed by atoms with Gasteiger partial charge in [-0.15, -0.1) is 11.3 Å². The van der Waals surface area contributed by atoms with Crippen molar-refractivity contribution in [1.82, 2.24) is 15.6 Å². The average molecular weight is 444 g/mol. The summed E-state index contributed by atoms with van der Waals surface area (Å²) in [5.74, 6) is -1.12. The van der Waals surface area contributed by atoms with Gasteiger partial charge in [0.15, 0.2) is 5.78 Å². The number of aliphatic hydroxyl groups is 1. The van der Waals surface area contributed by atoms with E-state index in [1.807, 2.05) is 57.5 Å². The lowest BCUT2D eigenvalue weighted by Gasteiger charge is -2.32. The third-order valence-corrected chi connectivity index (χ3v) is 7.09. The molecule has 0 radical (unpaired) electrons. The second-order valence-corrected chi connectivity index (χ2v) is 10.4. The van der Waals surface area contributed by atoms with Crippen molar-refractivity contribution in [2.24, 2.45) is 17.3 Å². The minimum atomic E-state index is -0.621. The molecule has 0 bridgehead atoms. The Bertz CT molecular complexity index is 917. The highest BCUT2D eigenvalue weighted by Crippen LogP contribution is 2.36. The van der Waals surface area contributed by atoms with Crippen LogP contribution in [-0.4, -0.2) is 41.0 Å². The van der Waals surface area contributed by atoms with Gasteiger partial charge in [0.25, 0.3) is 0 Å². The van der Waals surface area contributed by atoms with Crippen LogP contribution in [0.5, 0.6) is 0 Å². The Labute approximate surface area is 188 Å². The summed E-state index contributed by atoms with van der Waals surface area (Å²) in [5.41, 5.74) is 4.68. The molecule has 0 saturated heterocycles. The van der Waals surface area contributed by atoms with Crippen molar-refractivity contribution in [1.29, 1.82) is 0 Å². The number of aromatic nitrogens is 1. The zero-order valence-corrected chi connectivity index (χ0v) is 19.8. The molecule has 0 aliphatic heterocycles. The number of Topliss-reactive ketones (excluding diaryl/α,β-unsaturated/α-hetero) is 1. The van der Waals surface area contributed by atoms with Crippen molar-refractivity contribution in [3.8, 4) is 10.4 Å². The molecule has 6 nitrogen and oxygen atoms in total. The van der Waals surface area contributed by atoms with Crippen LogP contribution in [0, 0.1) is 24.2 Å². The first-order valence-corrected chi connectivity index (χ1v) is 11.7. The second kappa shape index (κ2) is 9.59. The third kappa shape index (κ3) is 5.40. The number of ketones is 1. The van der Waals surface area contributed by atoms with Crippen LogP contribution in [0.1, 0.15) is 44.9 Å². The Hall–Kier alpha value is -2.09. The molecule has 1 saturated carbocycles. The van der Waals surface area contributed by atoms with Crippen LogP contribution >= 0.6 is 11.3 Å². The van der Waals surface area contributed by atoms with E-state index >= 15 is 0 Å². The summed E-state index contributed by atoms with van der Waals surface area (Å²) in [6, 6.07) is 7.71. The molecule has 1 amide bonds. The van der Waals surface area contributed by atoms with Gasteiger partial charge in [-0.25, -0.2) is 4.98 Å². The Morgan fingerprint density at radius 3 is 2.39 bits per heavy atom. The van der Waals surface area contributed by atoms with Gasteiger partial charge in [0.2, 0.25) is 5.91 Å². The largest absolute Gasteiger partial charge is 0.393 e. The molecule has 4 atom stereocenters. The van der Waals surface area contributed by atoms with Crippen LogP contribution in [0.4, 0.5) is 0 Å². The number of aliphatic hydroxyl groups excluding tert-OH is 1. The highest BCUT2D eigenvalue weighted by Gasteiger charge is 2.45. The monoisotopic (exact) mass is 443 g/mol. The van der Waals surface area contributed by atoms with Gasteiger partial charge in [-0.2, -0.15) is 0 Å². The molecule has 1 heterocycles. The molecule has 1 fully saturated rings. The molecule has 1 unspecified atom stereocenters. The van der Waals surface area contributed by atoms with Gasteiger partial charge in [-0.1, -0.05) is 45.0 Å². The predicted molar refractivity (Wildman–Crippen MR) is 124 cm³/mol. The van der Waals surface area contributed by atoms with Gasteiger partial charge in [-0.05, 0) is 43.4 Å². The molecule has 1 aromatic carbocycles. The maximum Gasteiger partial charge on any atom is 0.224 e. The molecular weight excluding hydrogens is 410 g/mol. The van der Waals surface area contributed by atoms with E-state index in [2.05, 4.69) is 15.6 Å². The number of hydrogen-bond acceptors (Lipinski definition) is 6. The molecule has 168 valence electrons. The first-order valence-electron chi connectivity index (χ1n) is 10.8. The number of nitrogens with one attached hydrogen (secondary N) is 2. The summed E-state index contributed by atoms with van der Waals surface area (Å²) in [6.07, 6.45) is 0.0459. The number of benzene rings is 1. The van der Waals surface area contributed by atoms with Crippen LogP contribution in [0.3, 0.4) is 0 Å². The van der Waals surface area contributed by atoms with Crippen LogP contribution in [-0.2, 0) is 16.1 Å². The summed E-state index contributed by atoms with van der Waals surface area (Å²) in [5, 5.41) is 16.3. The fourth-order valence-electron chi connectivity index (χ4n) is 4.50. The van der Waals surface area contributed by atoms with Gasteiger partial charge in [0.1, 0.15) is 0 Å². The van der Waals surface area contributed by atoms with E-state index in [4.69, 9.17) is 0 Å². The normalized spacial score (nSPS) is 22.3. The van der Waals surface area contributed by atoms with E-state index in [0.717, 1.165) is 21.7 Å². The Kier molecular flexibility index (Phi) is 7.29. The van der Waals surface area contributed by atoms with E-state index in [0.29, 0.717) is 19.4 Å². The van der Waals surface area contributed by atoms with Crippen LogP contribution in [0.15, 0.2) is 29.8 Å². The lowest BCUT2D eigenvalue weighted by molar-refractivity contribution is -0.135. The van der Waals surface area contributed by atoms with E-state index < -0.39 is 17.9 Å². The molecule has 3 N–H and O–H groups in total. The summed E-state index contributed by atoms with van der Waals surface area (Å²) < 4.78 is 0. The Morgan fingerprint density at radius 2 is 1.84 bits per heavy atom. The summed E-state index contributed by atoms with van der Waals surface area (Å²) >= 11 is 1.61. The number of nitrogens with zero attached hydrogens (tertiary/aromatic N) is 1. The van der Waals surface area contributed by atoms with Crippen molar-refractivity contribution >= 4 is 23.0 Å². The number of likely N-dealkylation sites (N-methyl/N-ethyl adjacent to an activating group) is 1. The molecule has 1 aliphatic rings. The first kappa shape index (κ1) is 23.6.